The highest BCUT2D eigenvalue weighted by Crippen LogP contribution is 2.13. The van der Waals surface area contributed by atoms with Gasteiger partial charge in [0.25, 0.3) is 0 Å². The second-order valence-corrected chi connectivity index (χ2v) is 4.20. The summed E-state index contributed by atoms with van der Waals surface area (Å²) in [6, 6.07) is 6.97. The van der Waals surface area contributed by atoms with Crippen molar-refractivity contribution in [2.75, 3.05) is 25.7 Å². The Morgan fingerprint density at radius 3 is 2.56 bits per heavy atom. The Hall–Kier alpha value is -1.16. The molecule has 88 valence electrons. The molecule has 1 aromatic rings. The van der Waals surface area contributed by atoms with Crippen molar-refractivity contribution in [2.24, 2.45) is 0 Å². The second-order valence-electron chi connectivity index (χ2n) is 3.21. The molecule has 0 aliphatic heterocycles. The van der Waals surface area contributed by atoms with Crippen molar-refractivity contribution >= 4 is 17.7 Å². The molecule has 0 amide bonds. The van der Waals surface area contributed by atoms with Crippen LogP contribution >= 0.6 is 11.8 Å². The molecule has 1 aromatic carbocycles. The fourth-order valence-corrected chi connectivity index (χ4v) is 1.60. The summed E-state index contributed by atoms with van der Waals surface area (Å²) in [5.41, 5.74) is 0.541. The zero-order valence-corrected chi connectivity index (χ0v) is 10.4. The lowest BCUT2D eigenvalue weighted by atomic mass is 10.2. The summed E-state index contributed by atoms with van der Waals surface area (Å²) in [4.78, 5) is 11.2. The maximum Gasteiger partial charge on any atom is 0.337 e. The van der Waals surface area contributed by atoms with Gasteiger partial charge in [-0.15, -0.1) is 0 Å². The summed E-state index contributed by atoms with van der Waals surface area (Å²) in [6.45, 7) is 0.707. The van der Waals surface area contributed by atoms with Crippen LogP contribution in [-0.2, 0) is 4.74 Å². The number of rotatable bonds is 6. The minimum Gasteiger partial charge on any atom is -0.494 e. The normalized spacial score (nSPS) is 9.88. The van der Waals surface area contributed by atoms with Crippen molar-refractivity contribution in [1.82, 2.24) is 0 Å². The molecule has 0 saturated heterocycles. The second kappa shape index (κ2) is 7.17. The van der Waals surface area contributed by atoms with Gasteiger partial charge in [0.2, 0.25) is 0 Å². The van der Waals surface area contributed by atoms with Crippen molar-refractivity contribution < 1.29 is 14.3 Å². The molecular formula is C12H16O3S. The van der Waals surface area contributed by atoms with Crippen LogP contribution in [0.4, 0.5) is 0 Å². The molecule has 0 N–H and O–H groups in total. The minimum atomic E-state index is -0.325. The SMILES string of the molecule is COC(=O)c1ccc(OCCCSC)cc1. The molecule has 16 heavy (non-hydrogen) atoms. The molecule has 0 fully saturated rings. The molecule has 0 atom stereocenters. The lowest BCUT2D eigenvalue weighted by Crippen LogP contribution is -2.02. The Bertz CT molecular complexity index is 322. The molecule has 0 aliphatic carbocycles. The first kappa shape index (κ1) is 12.9. The van der Waals surface area contributed by atoms with Crippen molar-refractivity contribution in [2.45, 2.75) is 6.42 Å². The van der Waals surface area contributed by atoms with Gasteiger partial charge in [-0.05, 0) is 42.7 Å². The predicted molar refractivity (Wildman–Crippen MR) is 66.3 cm³/mol. The number of hydrogen-bond donors (Lipinski definition) is 0. The summed E-state index contributed by atoms with van der Waals surface area (Å²) in [5.74, 6) is 1.56. The third kappa shape index (κ3) is 4.14. The van der Waals surface area contributed by atoms with Crippen molar-refractivity contribution in [1.29, 1.82) is 0 Å². The summed E-state index contributed by atoms with van der Waals surface area (Å²) in [5, 5.41) is 0. The van der Waals surface area contributed by atoms with Crippen LogP contribution in [0, 0.1) is 0 Å². The Morgan fingerprint density at radius 2 is 2.00 bits per heavy atom. The molecule has 0 unspecified atom stereocenters. The highest BCUT2D eigenvalue weighted by molar-refractivity contribution is 7.98. The topological polar surface area (TPSA) is 35.5 Å². The van der Waals surface area contributed by atoms with Gasteiger partial charge in [0.1, 0.15) is 5.75 Å². The standard InChI is InChI=1S/C12H16O3S/c1-14-12(13)10-4-6-11(7-5-10)15-8-3-9-16-2/h4-7H,3,8-9H2,1-2H3. The van der Waals surface area contributed by atoms with E-state index in [1.165, 1.54) is 7.11 Å². The number of methoxy groups -OCH3 is 1. The van der Waals surface area contributed by atoms with Gasteiger partial charge in [-0.2, -0.15) is 11.8 Å². The van der Waals surface area contributed by atoms with E-state index < -0.39 is 0 Å². The number of hydrogen-bond acceptors (Lipinski definition) is 4. The van der Waals surface area contributed by atoms with Gasteiger partial charge in [-0.3, -0.25) is 0 Å². The van der Waals surface area contributed by atoms with Crippen molar-refractivity contribution in [3.05, 3.63) is 29.8 Å². The maximum absolute atomic E-state index is 11.2. The summed E-state index contributed by atoms with van der Waals surface area (Å²) < 4.78 is 10.1. The molecule has 0 spiro atoms. The van der Waals surface area contributed by atoms with Crippen LogP contribution < -0.4 is 4.74 Å². The zero-order chi connectivity index (χ0) is 11.8. The Kier molecular flexibility index (Phi) is 5.78. The lowest BCUT2D eigenvalue weighted by molar-refractivity contribution is 0.0600. The molecule has 1 rings (SSSR count). The predicted octanol–water partition coefficient (Wildman–Crippen LogP) is 2.61. The molecule has 0 bridgehead atoms. The third-order valence-corrected chi connectivity index (χ3v) is 2.73. The average molecular weight is 240 g/mol. The summed E-state index contributed by atoms with van der Waals surface area (Å²) in [7, 11) is 1.37. The van der Waals surface area contributed by atoms with Crippen LogP contribution in [-0.4, -0.2) is 31.7 Å². The quantitative estimate of drug-likeness (QED) is 0.565. The largest absolute Gasteiger partial charge is 0.494 e. The van der Waals surface area contributed by atoms with Crippen LogP contribution in [0.1, 0.15) is 16.8 Å². The molecule has 0 saturated carbocycles. The van der Waals surface area contributed by atoms with E-state index >= 15 is 0 Å². The monoisotopic (exact) mass is 240 g/mol. The zero-order valence-electron chi connectivity index (χ0n) is 9.56. The van der Waals surface area contributed by atoms with E-state index in [4.69, 9.17) is 4.74 Å². The van der Waals surface area contributed by atoms with E-state index in [-0.39, 0.29) is 5.97 Å². The minimum absolute atomic E-state index is 0.325. The molecule has 0 radical (unpaired) electrons. The summed E-state index contributed by atoms with van der Waals surface area (Å²) in [6.07, 6.45) is 3.10. The molecular weight excluding hydrogens is 224 g/mol. The van der Waals surface area contributed by atoms with E-state index in [0.29, 0.717) is 12.2 Å². The molecule has 0 heterocycles. The first-order valence-electron chi connectivity index (χ1n) is 5.08. The average Bonchev–Trinajstić information content (AvgIpc) is 2.34. The molecule has 3 nitrogen and oxygen atoms in total. The van der Waals surface area contributed by atoms with Gasteiger partial charge in [0.15, 0.2) is 0 Å². The Morgan fingerprint density at radius 1 is 1.31 bits per heavy atom. The Balaban J connectivity index is 2.42. The fourth-order valence-electron chi connectivity index (χ4n) is 1.20. The number of benzene rings is 1. The highest BCUT2D eigenvalue weighted by Gasteiger charge is 2.04. The van der Waals surface area contributed by atoms with Gasteiger partial charge in [0, 0.05) is 0 Å². The van der Waals surface area contributed by atoms with E-state index in [0.717, 1.165) is 17.9 Å². The number of thioether (sulfide) groups is 1. The number of ether oxygens (including phenoxy) is 2. The molecule has 4 heteroatoms. The first-order valence-corrected chi connectivity index (χ1v) is 6.47. The van der Waals surface area contributed by atoms with Crippen LogP contribution in [0.15, 0.2) is 24.3 Å². The molecule has 0 aliphatic rings. The van der Waals surface area contributed by atoms with E-state index in [1.807, 2.05) is 0 Å². The highest BCUT2D eigenvalue weighted by atomic mass is 32.2. The number of esters is 1. The van der Waals surface area contributed by atoms with Gasteiger partial charge < -0.3 is 9.47 Å². The summed E-state index contributed by atoms with van der Waals surface area (Å²) >= 11 is 1.80. The first-order chi connectivity index (χ1) is 7.77. The van der Waals surface area contributed by atoms with Gasteiger partial charge >= 0.3 is 5.97 Å². The number of carbonyl (C=O) groups is 1. The van der Waals surface area contributed by atoms with Crippen LogP contribution in [0.25, 0.3) is 0 Å². The van der Waals surface area contributed by atoms with Crippen LogP contribution in [0.2, 0.25) is 0 Å². The van der Waals surface area contributed by atoms with Gasteiger partial charge in [0.05, 0.1) is 19.3 Å². The van der Waals surface area contributed by atoms with Crippen molar-refractivity contribution in [3.8, 4) is 5.75 Å². The Labute approximate surface area is 100 Å². The van der Waals surface area contributed by atoms with Gasteiger partial charge in [-0.1, -0.05) is 0 Å². The number of carbonyl (C=O) groups excluding carboxylic acids is 1. The fraction of sp³-hybridized carbons (Fsp3) is 0.417. The third-order valence-electron chi connectivity index (χ3n) is 2.04. The van der Waals surface area contributed by atoms with E-state index in [2.05, 4.69) is 11.0 Å². The lowest BCUT2D eigenvalue weighted by Gasteiger charge is -2.06. The van der Waals surface area contributed by atoms with Crippen LogP contribution in [0.3, 0.4) is 0 Å². The van der Waals surface area contributed by atoms with Crippen LogP contribution in [0.5, 0.6) is 5.75 Å². The van der Waals surface area contributed by atoms with E-state index in [9.17, 15) is 4.79 Å². The maximum atomic E-state index is 11.2. The van der Waals surface area contributed by atoms with Gasteiger partial charge in [-0.25, -0.2) is 4.79 Å². The molecule has 0 aromatic heterocycles. The van der Waals surface area contributed by atoms with E-state index in [1.54, 1.807) is 36.0 Å². The smallest absolute Gasteiger partial charge is 0.337 e. The van der Waals surface area contributed by atoms with Crippen molar-refractivity contribution in [3.63, 3.8) is 0 Å².